The second-order valence-corrected chi connectivity index (χ2v) is 6.98. The Morgan fingerprint density at radius 2 is 1.93 bits per heavy atom. The van der Waals surface area contributed by atoms with Crippen LogP contribution in [0.4, 0.5) is 11.4 Å². The third-order valence-electron chi connectivity index (χ3n) is 4.46. The van der Waals surface area contributed by atoms with Crippen LogP contribution in [-0.2, 0) is 11.3 Å². The molecule has 3 rings (SSSR count). The molecule has 1 aromatic heterocycles. The second kappa shape index (κ2) is 8.14. The molecule has 8 nitrogen and oxygen atoms in total. The first-order valence-corrected chi connectivity index (χ1v) is 9.06. The number of carbonyl (C=O) groups excluding carboxylic acids is 1. The second-order valence-electron chi connectivity index (χ2n) is 6.98. The average Bonchev–Trinajstić information content (AvgIpc) is 3.03. The van der Waals surface area contributed by atoms with Gasteiger partial charge in [0.2, 0.25) is 5.91 Å². The minimum Gasteiger partial charge on any atom is -0.457 e. The Balaban J connectivity index is 1.86. The minimum absolute atomic E-state index is 0.00288. The number of hydrogen-bond donors (Lipinski definition) is 1. The summed E-state index contributed by atoms with van der Waals surface area (Å²) in [6.45, 7) is 7.69. The molecule has 0 bridgehead atoms. The summed E-state index contributed by atoms with van der Waals surface area (Å²) in [5.74, 6) is 0.548. The molecule has 3 aromatic rings. The smallest absolute Gasteiger partial charge is 0.275 e. The highest BCUT2D eigenvalue weighted by Crippen LogP contribution is 2.32. The predicted molar refractivity (Wildman–Crippen MR) is 109 cm³/mol. The van der Waals surface area contributed by atoms with Gasteiger partial charge in [0.05, 0.1) is 22.4 Å². The van der Waals surface area contributed by atoms with Crippen LogP contribution in [0.25, 0.3) is 0 Å². The molecule has 1 amide bonds. The van der Waals surface area contributed by atoms with Crippen LogP contribution in [0, 0.1) is 37.8 Å². The molecule has 0 saturated heterocycles. The van der Waals surface area contributed by atoms with Gasteiger partial charge < -0.3 is 10.1 Å². The van der Waals surface area contributed by atoms with Crippen molar-refractivity contribution in [3.8, 4) is 11.5 Å². The maximum Gasteiger partial charge on any atom is 0.275 e. The van der Waals surface area contributed by atoms with E-state index in [0.29, 0.717) is 5.75 Å². The maximum absolute atomic E-state index is 12.3. The first-order valence-electron chi connectivity index (χ1n) is 9.06. The number of benzene rings is 2. The summed E-state index contributed by atoms with van der Waals surface area (Å²) < 4.78 is 7.43. The quantitative estimate of drug-likeness (QED) is 0.492. The Kier molecular flexibility index (Phi) is 5.63. The number of ether oxygens (including phenoxy) is 1. The first-order chi connectivity index (χ1) is 13.7. The number of anilines is 1. The number of hydrogen-bond acceptors (Lipinski definition) is 5. The van der Waals surface area contributed by atoms with E-state index in [9.17, 15) is 14.9 Å². The first kappa shape index (κ1) is 20.1. The Morgan fingerprint density at radius 3 is 2.59 bits per heavy atom. The molecule has 0 radical (unpaired) electrons. The summed E-state index contributed by atoms with van der Waals surface area (Å²) in [4.78, 5) is 23.1. The molecule has 29 heavy (non-hydrogen) atoms. The third kappa shape index (κ3) is 4.98. The van der Waals surface area contributed by atoms with Gasteiger partial charge in [0, 0.05) is 18.3 Å². The number of rotatable bonds is 6. The van der Waals surface area contributed by atoms with Gasteiger partial charge in [-0.05, 0) is 56.5 Å². The van der Waals surface area contributed by atoms with Crippen LogP contribution in [0.3, 0.4) is 0 Å². The standard InChI is InChI=1S/C21H22N4O4/c1-13-7-14(2)16(4)20(8-13)29-19-10-17(9-18(11-19)25(27)28)22-21(26)12-24-6-5-15(3)23-24/h5-11H,12H2,1-4H3,(H,22,26). The Hall–Kier alpha value is -3.68. The van der Waals surface area contributed by atoms with Crippen LogP contribution >= 0.6 is 0 Å². The Morgan fingerprint density at radius 1 is 1.17 bits per heavy atom. The van der Waals surface area contributed by atoms with E-state index in [-0.39, 0.29) is 29.6 Å². The summed E-state index contributed by atoms with van der Waals surface area (Å²) in [7, 11) is 0. The molecule has 150 valence electrons. The lowest BCUT2D eigenvalue weighted by atomic mass is 10.1. The normalized spacial score (nSPS) is 10.6. The molecule has 1 heterocycles. The number of aromatic nitrogens is 2. The van der Waals surface area contributed by atoms with Gasteiger partial charge in [-0.2, -0.15) is 5.10 Å². The zero-order chi connectivity index (χ0) is 21.1. The van der Waals surface area contributed by atoms with Crippen LogP contribution in [0.5, 0.6) is 11.5 Å². The van der Waals surface area contributed by atoms with Gasteiger partial charge in [-0.3, -0.25) is 19.6 Å². The Bertz CT molecular complexity index is 1090. The molecule has 0 fully saturated rings. The highest BCUT2D eigenvalue weighted by atomic mass is 16.6. The molecule has 2 aromatic carbocycles. The van der Waals surface area contributed by atoms with Gasteiger partial charge in [0.25, 0.3) is 5.69 Å². The van der Waals surface area contributed by atoms with Crippen LogP contribution in [0.2, 0.25) is 0 Å². The zero-order valence-corrected chi connectivity index (χ0v) is 16.7. The van der Waals surface area contributed by atoms with Crippen LogP contribution in [0.1, 0.15) is 22.4 Å². The largest absolute Gasteiger partial charge is 0.457 e. The summed E-state index contributed by atoms with van der Waals surface area (Å²) in [6, 6.07) is 9.91. The van der Waals surface area contributed by atoms with E-state index in [1.165, 1.54) is 16.8 Å². The van der Waals surface area contributed by atoms with Gasteiger partial charge in [0.15, 0.2) is 0 Å². The van der Waals surface area contributed by atoms with E-state index in [2.05, 4.69) is 10.4 Å². The molecule has 0 saturated carbocycles. The van der Waals surface area contributed by atoms with Crippen molar-refractivity contribution < 1.29 is 14.5 Å². The van der Waals surface area contributed by atoms with Gasteiger partial charge in [-0.1, -0.05) is 6.07 Å². The molecular weight excluding hydrogens is 372 g/mol. The fourth-order valence-corrected chi connectivity index (χ4v) is 2.95. The number of nitro benzene ring substituents is 1. The SMILES string of the molecule is Cc1cc(C)c(C)c(Oc2cc(NC(=O)Cn3ccc(C)n3)cc([N+](=O)[O-])c2)c1. The minimum atomic E-state index is -0.520. The van der Waals surface area contributed by atoms with Gasteiger partial charge in [-0.25, -0.2) is 0 Å². The lowest BCUT2D eigenvalue weighted by Gasteiger charge is -2.13. The monoisotopic (exact) mass is 394 g/mol. The summed E-state index contributed by atoms with van der Waals surface area (Å²) >= 11 is 0. The van der Waals surface area contributed by atoms with E-state index in [4.69, 9.17) is 4.74 Å². The maximum atomic E-state index is 12.3. The van der Waals surface area contributed by atoms with E-state index in [1.54, 1.807) is 18.3 Å². The zero-order valence-electron chi connectivity index (χ0n) is 16.7. The van der Waals surface area contributed by atoms with Crippen LogP contribution in [-0.4, -0.2) is 20.6 Å². The van der Waals surface area contributed by atoms with Crippen molar-refractivity contribution in [1.29, 1.82) is 0 Å². The molecule has 0 unspecified atom stereocenters. The topological polar surface area (TPSA) is 99.3 Å². The fraction of sp³-hybridized carbons (Fsp3) is 0.238. The van der Waals surface area contributed by atoms with Crippen LogP contribution < -0.4 is 10.1 Å². The van der Waals surface area contributed by atoms with Crippen molar-refractivity contribution in [1.82, 2.24) is 9.78 Å². The lowest BCUT2D eigenvalue weighted by molar-refractivity contribution is -0.384. The molecular formula is C21H22N4O4. The van der Waals surface area contributed by atoms with E-state index in [0.717, 1.165) is 22.4 Å². The van der Waals surface area contributed by atoms with Crippen molar-refractivity contribution in [2.24, 2.45) is 0 Å². The average molecular weight is 394 g/mol. The summed E-state index contributed by atoms with van der Waals surface area (Å²) in [5, 5.41) is 18.2. The summed E-state index contributed by atoms with van der Waals surface area (Å²) in [6.07, 6.45) is 1.69. The number of nitrogens with one attached hydrogen (secondary N) is 1. The van der Waals surface area contributed by atoms with E-state index >= 15 is 0 Å². The highest BCUT2D eigenvalue weighted by molar-refractivity contribution is 5.91. The molecule has 0 aliphatic carbocycles. The van der Waals surface area contributed by atoms with Gasteiger partial charge in [0.1, 0.15) is 18.0 Å². The van der Waals surface area contributed by atoms with Crippen LogP contribution in [0.15, 0.2) is 42.6 Å². The molecule has 0 aliphatic rings. The number of nitro groups is 1. The van der Waals surface area contributed by atoms with E-state index < -0.39 is 4.92 Å². The van der Waals surface area contributed by atoms with E-state index in [1.807, 2.05) is 39.8 Å². The van der Waals surface area contributed by atoms with Gasteiger partial charge in [-0.15, -0.1) is 0 Å². The number of non-ortho nitro benzene ring substituents is 1. The molecule has 8 heteroatoms. The molecule has 0 spiro atoms. The fourth-order valence-electron chi connectivity index (χ4n) is 2.95. The van der Waals surface area contributed by atoms with Crippen molar-refractivity contribution in [2.75, 3.05) is 5.32 Å². The Labute approximate surface area is 168 Å². The summed E-state index contributed by atoms with van der Waals surface area (Å²) in [5.41, 5.74) is 3.94. The third-order valence-corrected chi connectivity index (χ3v) is 4.46. The molecule has 0 aliphatic heterocycles. The van der Waals surface area contributed by atoms with Crippen molar-refractivity contribution in [2.45, 2.75) is 34.2 Å². The number of carbonyl (C=O) groups is 1. The highest BCUT2D eigenvalue weighted by Gasteiger charge is 2.15. The number of amides is 1. The van der Waals surface area contributed by atoms with Crippen molar-refractivity contribution in [3.63, 3.8) is 0 Å². The molecule has 0 atom stereocenters. The number of aryl methyl sites for hydroxylation is 3. The van der Waals surface area contributed by atoms with Gasteiger partial charge >= 0.3 is 0 Å². The lowest BCUT2D eigenvalue weighted by Crippen LogP contribution is -2.19. The van der Waals surface area contributed by atoms with Crippen molar-refractivity contribution in [3.05, 3.63) is 75.1 Å². The molecule has 1 N–H and O–H groups in total. The number of nitrogens with zero attached hydrogens (tertiary/aromatic N) is 3. The van der Waals surface area contributed by atoms with Crippen molar-refractivity contribution >= 4 is 17.3 Å². The predicted octanol–water partition coefficient (Wildman–Crippen LogP) is 4.46.